The highest BCUT2D eigenvalue weighted by Crippen LogP contribution is 2.37. The van der Waals surface area contributed by atoms with Crippen molar-refractivity contribution in [2.75, 3.05) is 0 Å². The van der Waals surface area contributed by atoms with Crippen LogP contribution in [0.4, 0.5) is 0 Å². The average molecular weight is 208 g/mol. The van der Waals surface area contributed by atoms with E-state index in [1.807, 2.05) is 0 Å². The molecule has 3 rings (SSSR count). The number of rotatable bonds is 1. The highest BCUT2D eigenvalue weighted by molar-refractivity contribution is 5.83. The van der Waals surface area contributed by atoms with Crippen LogP contribution in [0.2, 0.25) is 0 Å². The molecule has 1 aliphatic carbocycles. The van der Waals surface area contributed by atoms with Gasteiger partial charge in [-0.15, -0.1) is 0 Å². The van der Waals surface area contributed by atoms with E-state index in [9.17, 15) is 0 Å². The molecule has 2 aromatic carbocycles. The van der Waals surface area contributed by atoms with E-state index in [-0.39, 0.29) is 0 Å². The fourth-order valence-electron chi connectivity index (χ4n) is 2.68. The van der Waals surface area contributed by atoms with Crippen molar-refractivity contribution in [2.45, 2.75) is 25.2 Å². The first-order chi connectivity index (χ1) is 7.83. The summed E-state index contributed by atoms with van der Waals surface area (Å²) < 4.78 is 0. The van der Waals surface area contributed by atoms with Crippen molar-refractivity contribution >= 4 is 10.8 Å². The van der Waals surface area contributed by atoms with Crippen LogP contribution in [-0.2, 0) is 0 Å². The Hall–Kier alpha value is -1.56. The van der Waals surface area contributed by atoms with Crippen LogP contribution in [0.3, 0.4) is 0 Å². The van der Waals surface area contributed by atoms with Gasteiger partial charge in [0, 0.05) is 0 Å². The second-order valence-electron chi connectivity index (χ2n) is 4.80. The van der Waals surface area contributed by atoms with Gasteiger partial charge in [0.15, 0.2) is 0 Å². The summed E-state index contributed by atoms with van der Waals surface area (Å²) in [6, 6.07) is 15.4. The molecule has 0 aliphatic heterocycles. The van der Waals surface area contributed by atoms with Crippen molar-refractivity contribution in [1.82, 2.24) is 0 Å². The Labute approximate surface area is 96.6 Å². The smallest absolute Gasteiger partial charge is 0.0122 e. The number of benzene rings is 2. The second kappa shape index (κ2) is 3.79. The Balaban J connectivity index is 2.02. The SMILES string of the molecule is C=C1CCC(c2ccc3ccccc3c2)C1. The Morgan fingerprint density at radius 2 is 1.81 bits per heavy atom. The van der Waals surface area contributed by atoms with Crippen LogP contribution in [0.1, 0.15) is 30.7 Å². The summed E-state index contributed by atoms with van der Waals surface area (Å²) >= 11 is 0. The summed E-state index contributed by atoms with van der Waals surface area (Å²) in [6.45, 7) is 4.09. The van der Waals surface area contributed by atoms with Crippen molar-refractivity contribution < 1.29 is 0 Å². The van der Waals surface area contributed by atoms with Crippen molar-refractivity contribution in [3.05, 3.63) is 60.2 Å². The zero-order chi connectivity index (χ0) is 11.0. The van der Waals surface area contributed by atoms with Gasteiger partial charge in [-0.1, -0.05) is 54.6 Å². The van der Waals surface area contributed by atoms with Gasteiger partial charge in [0.05, 0.1) is 0 Å². The molecule has 0 aromatic heterocycles. The number of fused-ring (bicyclic) bond motifs is 1. The largest absolute Gasteiger partial charge is 0.0998 e. The molecule has 1 saturated carbocycles. The summed E-state index contributed by atoms with van der Waals surface area (Å²) in [7, 11) is 0. The number of hydrogen-bond donors (Lipinski definition) is 0. The lowest BCUT2D eigenvalue weighted by Crippen LogP contribution is -1.91. The van der Waals surface area contributed by atoms with E-state index in [1.54, 1.807) is 0 Å². The van der Waals surface area contributed by atoms with Gasteiger partial charge in [0.2, 0.25) is 0 Å². The lowest BCUT2D eigenvalue weighted by Gasteiger charge is -2.10. The monoisotopic (exact) mass is 208 g/mol. The van der Waals surface area contributed by atoms with E-state index >= 15 is 0 Å². The van der Waals surface area contributed by atoms with Gasteiger partial charge in [-0.25, -0.2) is 0 Å². The fourth-order valence-corrected chi connectivity index (χ4v) is 2.68. The summed E-state index contributed by atoms with van der Waals surface area (Å²) in [5, 5.41) is 2.69. The lowest BCUT2D eigenvalue weighted by molar-refractivity contribution is 0.731. The Morgan fingerprint density at radius 1 is 1.00 bits per heavy atom. The normalized spacial score (nSPS) is 20.5. The van der Waals surface area contributed by atoms with Crippen LogP contribution in [0.15, 0.2) is 54.6 Å². The molecule has 0 spiro atoms. The predicted octanol–water partition coefficient (Wildman–Crippen LogP) is 4.66. The molecule has 0 bridgehead atoms. The summed E-state index contributed by atoms with van der Waals surface area (Å²) in [4.78, 5) is 0. The highest BCUT2D eigenvalue weighted by atomic mass is 14.2. The van der Waals surface area contributed by atoms with E-state index in [4.69, 9.17) is 0 Å². The summed E-state index contributed by atoms with van der Waals surface area (Å²) in [5.74, 6) is 0.706. The predicted molar refractivity (Wildman–Crippen MR) is 69.7 cm³/mol. The zero-order valence-electron chi connectivity index (χ0n) is 9.45. The third-order valence-electron chi connectivity index (χ3n) is 3.63. The third-order valence-corrected chi connectivity index (χ3v) is 3.63. The Morgan fingerprint density at radius 3 is 2.56 bits per heavy atom. The van der Waals surface area contributed by atoms with Crippen LogP contribution < -0.4 is 0 Å². The maximum atomic E-state index is 4.09. The maximum Gasteiger partial charge on any atom is -0.0122 e. The van der Waals surface area contributed by atoms with Crippen LogP contribution in [0.5, 0.6) is 0 Å². The molecule has 16 heavy (non-hydrogen) atoms. The van der Waals surface area contributed by atoms with Crippen molar-refractivity contribution in [1.29, 1.82) is 0 Å². The number of hydrogen-bond acceptors (Lipinski definition) is 0. The van der Waals surface area contributed by atoms with E-state index in [1.165, 1.54) is 41.2 Å². The number of allylic oxidation sites excluding steroid dienone is 1. The van der Waals surface area contributed by atoms with Crippen molar-refractivity contribution in [3.8, 4) is 0 Å². The molecule has 1 fully saturated rings. The van der Waals surface area contributed by atoms with Crippen molar-refractivity contribution in [2.24, 2.45) is 0 Å². The van der Waals surface area contributed by atoms with Gasteiger partial charge in [-0.2, -0.15) is 0 Å². The van der Waals surface area contributed by atoms with Gasteiger partial charge in [-0.3, -0.25) is 0 Å². The minimum atomic E-state index is 0.706. The molecule has 0 radical (unpaired) electrons. The van der Waals surface area contributed by atoms with E-state index in [2.05, 4.69) is 49.0 Å². The lowest BCUT2D eigenvalue weighted by atomic mass is 9.95. The first-order valence-corrected chi connectivity index (χ1v) is 5.98. The highest BCUT2D eigenvalue weighted by Gasteiger charge is 2.19. The van der Waals surface area contributed by atoms with Gasteiger partial charge in [-0.05, 0) is 41.5 Å². The Kier molecular flexibility index (Phi) is 2.28. The molecule has 0 amide bonds. The average Bonchev–Trinajstić information content (AvgIpc) is 2.75. The Bertz CT molecular complexity index is 536. The van der Waals surface area contributed by atoms with Crippen LogP contribution in [0.25, 0.3) is 10.8 Å². The molecular formula is C16H16. The maximum absolute atomic E-state index is 4.09. The van der Waals surface area contributed by atoms with Crippen LogP contribution in [-0.4, -0.2) is 0 Å². The zero-order valence-corrected chi connectivity index (χ0v) is 9.45. The topological polar surface area (TPSA) is 0 Å². The molecule has 0 N–H and O–H groups in total. The van der Waals surface area contributed by atoms with Gasteiger partial charge in [0.1, 0.15) is 0 Å². The molecular weight excluding hydrogens is 192 g/mol. The third kappa shape index (κ3) is 1.65. The molecule has 1 aliphatic rings. The van der Waals surface area contributed by atoms with E-state index < -0.39 is 0 Å². The second-order valence-corrected chi connectivity index (χ2v) is 4.80. The van der Waals surface area contributed by atoms with Crippen molar-refractivity contribution in [3.63, 3.8) is 0 Å². The molecule has 2 aromatic rings. The molecule has 0 heterocycles. The standard InChI is InChI=1S/C16H16/c1-12-6-7-15(10-12)16-9-8-13-4-2-3-5-14(13)11-16/h2-5,8-9,11,15H,1,6-7,10H2. The summed E-state index contributed by atoms with van der Waals surface area (Å²) in [5.41, 5.74) is 2.90. The fraction of sp³-hybridized carbons (Fsp3) is 0.250. The molecule has 80 valence electrons. The molecule has 1 atom stereocenters. The molecule has 0 nitrogen and oxygen atoms in total. The van der Waals surface area contributed by atoms with E-state index in [0.717, 1.165) is 0 Å². The van der Waals surface area contributed by atoms with Gasteiger partial charge >= 0.3 is 0 Å². The van der Waals surface area contributed by atoms with Crippen LogP contribution in [0, 0.1) is 0 Å². The van der Waals surface area contributed by atoms with Crippen LogP contribution >= 0.6 is 0 Å². The minimum Gasteiger partial charge on any atom is -0.0998 e. The first kappa shape index (κ1) is 9.65. The van der Waals surface area contributed by atoms with E-state index in [0.29, 0.717) is 5.92 Å². The molecule has 0 heteroatoms. The molecule has 0 saturated heterocycles. The minimum absolute atomic E-state index is 0.706. The summed E-state index contributed by atoms with van der Waals surface area (Å²) in [6.07, 6.45) is 3.66. The molecule has 1 unspecified atom stereocenters. The first-order valence-electron chi connectivity index (χ1n) is 5.98. The quantitative estimate of drug-likeness (QED) is 0.598. The van der Waals surface area contributed by atoms with Gasteiger partial charge < -0.3 is 0 Å². The van der Waals surface area contributed by atoms with Gasteiger partial charge in [0.25, 0.3) is 0 Å².